The molecule has 0 amide bonds. The van der Waals surface area contributed by atoms with E-state index >= 15 is 0 Å². The van der Waals surface area contributed by atoms with Crippen molar-refractivity contribution in [3.8, 4) is 5.75 Å². The largest absolute Gasteiger partial charge is 0.496 e. The molecule has 0 bridgehead atoms. The Morgan fingerprint density at radius 3 is 2.71 bits per heavy atom. The van der Waals surface area contributed by atoms with Crippen LogP contribution in [0.25, 0.3) is 0 Å². The SMILES string of the molecule is COc1cc2c(cc1CC(C)C(=O)O)COC2. The van der Waals surface area contributed by atoms with Crippen molar-refractivity contribution in [1.82, 2.24) is 0 Å². The fraction of sp³-hybridized carbons (Fsp3) is 0.462. The lowest BCUT2D eigenvalue weighted by Gasteiger charge is -2.12. The predicted molar refractivity (Wildman–Crippen MR) is 62.0 cm³/mol. The molecule has 0 radical (unpaired) electrons. The van der Waals surface area contributed by atoms with Crippen LogP contribution in [-0.2, 0) is 29.2 Å². The van der Waals surface area contributed by atoms with Crippen LogP contribution in [0.5, 0.6) is 5.75 Å². The van der Waals surface area contributed by atoms with Gasteiger partial charge in [0.15, 0.2) is 0 Å². The highest BCUT2D eigenvalue weighted by atomic mass is 16.5. The molecule has 2 rings (SSSR count). The molecule has 1 heterocycles. The van der Waals surface area contributed by atoms with Crippen LogP contribution in [0.15, 0.2) is 12.1 Å². The normalized spacial score (nSPS) is 15.4. The maximum Gasteiger partial charge on any atom is 0.306 e. The summed E-state index contributed by atoms with van der Waals surface area (Å²) < 4.78 is 10.7. The average Bonchev–Trinajstić information content (AvgIpc) is 2.74. The highest BCUT2D eigenvalue weighted by Gasteiger charge is 2.19. The molecule has 0 aromatic heterocycles. The van der Waals surface area contributed by atoms with Crippen LogP contribution in [-0.4, -0.2) is 18.2 Å². The van der Waals surface area contributed by atoms with Gasteiger partial charge in [-0.2, -0.15) is 0 Å². The van der Waals surface area contributed by atoms with Crippen molar-refractivity contribution in [3.05, 3.63) is 28.8 Å². The van der Waals surface area contributed by atoms with Gasteiger partial charge in [0.05, 0.1) is 26.2 Å². The van der Waals surface area contributed by atoms with Gasteiger partial charge in [0.2, 0.25) is 0 Å². The van der Waals surface area contributed by atoms with Crippen molar-refractivity contribution in [2.75, 3.05) is 7.11 Å². The minimum Gasteiger partial charge on any atom is -0.496 e. The number of fused-ring (bicyclic) bond motifs is 1. The molecule has 1 unspecified atom stereocenters. The zero-order chi connectivity index (χ0) is 12.4. The Morgan fingerprint density at radius 2 is 2.12 bits per heavy atom. The quantitative estimate of drug-likeness (QED) is 0.868. The molecule has 0 fully saturated rings. The van der Waals surface area contributed by atoms with E-state index in [1.54, 1.807) is 14.0 Å². The van der Waals surface area contributed by atoms with Crippen molar-refractivity contribution in [1.29, 1.82) is 0 Å². The monoisotopic (exact) mass is 236 g/mol. The Balaban J connectivity index is 2.29. The standard InChI is InChI=1S/C13H16O4/c1-8(13(14)15)3-9-4-10-6-17-7-11(10)5-12(9)16-2/h4-5,8H,3,6-7H2,1-2H3,(H,14,15). The number of carbonyl (C=O) groups is 1. The summed E-state index contributed by atoms with van der Waals surface area (Å²) >= 11 is 0. The fourth-order valence-corrected chi connectivity index (χ4v) is 2.02. The molecule has 1 aliphatic rings. The number of carboxylic acids is 1. The van der Waals surface area contributed by atoms with Crippen molar-refractivity contribution >= 4 is 5.97 Å². The fourth-order valence-electron chi connectivity index (χ4n) is 2.02. The van der Waals surface area contributed by atoms with E-state index in [4.69, 9.17) is 14.6 Å². The smallest absolute Gasteiger partial charge is 0.306 e. The van der Waals surface area contributed by atoms with Crippen LogP contribution in [0.4, 0.5) is 0 Å². The average molecular weight is 236 g/mol. The van der Waals surface area contributed by atoms with E-state index in [1.807, 2.05) is 12.1 Å². The Hall–Kier alpha value is -1.55. The molecule has 1 aromatic carbocycles. The van der Waals surface area contributed by atoms with Gasteiger partial charge < -0.3 is 14.6 Å². The number of aliphatic carboxylic acids is 1. The topological polar surface area (TPSA) is 55.8 Å². The number of hydrogen-bond donors (Lipinski definition) is 1. The highest BCUT2D eigenvalue weighted by molar-refractivity contribution is 5.70. The van der Waals surface area contributed by atoms with E-state index in [1.165, 1.54) is 0 Å². The van der Waals surface area contributed by atoms with E-state index in [2.05, 4.69) is 0 Å². The first-order chi connectivity index (χ1) is 8.11. The molecule has 0 spiro atoms. The van der Waals surface area contributed by atoms with Crippen LogP contribution in [0, 0.1) is 5.92 Å². The number of methoxy groups -OCH3 is 1. The molecule has 0 saturated carbocycles. The lowest BCUT2D eigenvalue weighted by Crippen LogP contribution is -2.13. The van der Waals surface area contributed by atoms with Gasteiger partial charge in [0, 0.05) is 0 Å². The zero-order valence-electron chi connectivity index (χ0n) is 10.0. The number of carboxylic acid groups (broad SMARTS) is 1. The Kier molecular flexibility index (Phi) is 3.33. The lowest BCUT2D eigenvalue weighted by molar-refractivity contribution is -0.141. The molecule has 0 aliphatic carbocycles. The zero-order valence-corrected chi connectivity index (χ0v) is 10.0. The molecule has 92 valence electrons. The van der Waals surface area contributed by atoms with Crippen molar-refractivity contribution in [2.24, 2.45) is 5.92 Å². The molecule has 0 saturated heterocycles. The molecular weight excluding hydrogens is 220 g/mol. The van der Waals surface area contributed by atoms with Gasteiger partial charge in [0.1, 0.15) is 5.75 Å². The second-order valence-corrected chi connectivity index (χ2v) is 4.37. The van der Waals surface area contributed by atoms with E-state index < -0.39 is 11.9 Å². The van der Waals surface area contributed by atoms with Crippen LogP contribution >= 0.6 is 0 Å². The summed E-state index contributed by atoms with van der Waals surface area (Å²) in [5.41, 5.74) is 3.21. The van der Waals surface area contributed by atoms with Gasteiger partial charge in [-0.15, -0.1) is 0 Å². The predicted octanol–water partition coefficient (Wildman–Crippen LogP) is 1.99. The maximum absolute atomic E-state index is 10.9. The number of ether oxygens (including phenoxy) is 2. The molecule has 4 heteroatoms. The molecule has 1 N–H and O–H groups in total. The van der Waals surface area contributed by atoms with Crippen molar-refractivity contribution in [3.63, 3.8) is 0 Å². The first kappa shape index (κ1) is 11.9. The molecule has 1 aliphatic heterocycles. The summed E-state index contributed by atoms with van der Waals surface area (Å²) in [6, 6.07) is 3.95. The first-order valence-electron chi connectivity index (χ1n) is 5.61. The van der Waals surface area contributed by atoms with Gasteiger partial charge in [-0.1, -0.05) is 6.92 Å². The van der Waals surface area contributed by atoms with Gasteiger partial charge in [0.25, 0.3) is 0 Å². The van der Waals surface area contributed by atoms with Crippen LogP contribution < -0.4 is 4.74 Å². The lowest BCUT2D eigenvalue weighted by atomic mass is 9.97. The van der Waals surface area contributed by atoms with E-state index in [0.29, 0.717) is 19.6 Å². The summed E-state index contributed by atoms with van der Waals surface area (Å²) in [6.07, 6.45) is 0.478. The number of benzene rings is 1. The van der Waals surface area contributed by atoms with Gasteiger partial charge in [-0.05, 0) is 35.2 Å². The molecule has 4 nitrogen and oxygen atoms in total. The third-order valence-corrected chi connectivity index (χ3v) is 3.07. The van der Waals surface area contributed by atoms with Crippen molar-refractivity contribution in [2.45, 2.75) is 26.6 Å². The summed E-state index contributed by atoms with van der Waals surface area (Å²) in [5.74, 6) is -0.449. The minimum atomic E-state index is -0.788. The summed E-state index contributed by atoms with van der Waals surface area (Å²) in [5, 5.41) is 8.93. The molecule has 1 aromatic rings. The third-order valence-electron chi connectivity index (χ3n) is 3.07. The number of hydrogen-bond acceptors (Lipinski definition) is 3. The van der Waals surface area contributed by atoms with Crippen LogP contribution in [0.3, 0.4) is 0 Å². The second-order valence-electron chi connectivity index (χ2n) is 4.37. The number of rotatable bonds is 4. The highest BCUT2D eigenvalue weighted by Crippen LogP contribution is 2.30. The Bertz CT molecular complexity index is 439. The van der Waals surface area contributed by atoms with Crippen LogP contribution in [0.1, 0.15) is 23.6 Å². The van der Waals surface area contributed by atoms with Gasteiger partial charge >= 0.3 is 5.97 Å². The van der Waals surface area contributed by atoms with Gasteiger partial charge in [-0.25, -0.2) is 0 Å². The molecular formula is C13H16O4. The summed E-state index contributed by atoms with van der Waals surface area (Å²) in [6.45, 7) is 2.92. The second kappa shape index (κ2) is 4.75. The summed E-state index contributed by atoms with van der Waals surface area (Å²) in [4.78, 5) is 10.9. The molecule has 1 atom stereocenters. The molecule has 17 heavy (non-hydrogen) atoms. The van der Waals surface area contributed by atoms with Gasteiger partial charge in [-0.3, -0.25) is 4.79 Å². The minimum absolute atomic E-state index is 0.413. The van der Waals surface area contributed by atoms with E-state index in [-0.39, 0.29) is 0 Å². The summed E-state index contributed by atoms with van der Waals surface area (Å²) in [7, 11) is 1.60. The third kappa shape index (κ3) is 2.42. The van der Waals surface area contributed by atoms with Crippen molar-refractivity contribution < 1.29 is 19.4 Å². The van der Waals surface area contributed by atoms with E-state index in [0.717, 1.165) is 22.4 Å². The maximum atomic E-state index is 10.9. The first-order valence-corrected chi connectivity index (χ1v) is 5.61. The van der Waals surface area contributed by atoms with E-state index in [9.17, 15) is 4.79 Å². The Labute approximate surface area is 100 Å². The Morgan fingerprint density at radius 1 is 1.47 bits per heavy atom. The van der Waals surface area contributed by atoms with Crippen LogP contribution in [0.2, 0.25) is 0 Å².